The van der Waals surface area contributed by atoms with Crippen LogP contribution < -0.4 is 5.32 Å². The molecule has 1 aliphatic rings. The Kier molecular flexibility index (Phi) is 1.37. The van der Waals surface area contributed by atoms with Crippen molar-refractivity contribution in [1.82, 2.24) is 20.1 Å². The molecule has 13 heavy (non-hydrogen) atoms. The van der Waals surface area contributed by atoms with Crippen molar-refractivity contribution in [3.8, 4) is 0 Å². The van der Waals surface area contributed by atoms with Crippen molar-refractivity contribution in [3.63, 3.8) is 0 Å². The summed E-state index contributed by atoms with van der Waals surface area (Å²) in [5.74, 6) is 0. The Balaban J connectivity index is 2.34. The van der Waals surface area contributed by atoms with Crippen LogP contribution in [0.2, 0.25) is 0 Å². The summed E-state index contributed by atoms with van der Waals surface area (Å²) in [5, 5.41) is 12.3. The summed E-state index contributed by atoms with van der Waals surface area (Å²) in [6, 6.07) is 2.18. The molecule has 3 rings (SSSR count). The molecular weight excluding hydrogens is 164 g/mol. The van der Waals surface area contributed by atoms with Crippen LogP contribution in [0, 0.1) is 0 Å². The van der Waals surface area contributed by atoms with E-state index in [1.807, 2.05) is 12.4 Å². The summed E-state index contributed by atoms with van der Waals surface area (Å²) in [4.78, 5) is 0. The van der Waals surface area contributed by atoms with Crippen LogP contribution in [0.3, 0.4) is 0 Å². The minimum atomic E-state index is 0.953. The quantitative estimate of drug-likeness (QED) is 0.633. The van der Waals surface area contributed by atoms with Crippen molar-refractivity contribution in [2.75, 3.05) is 6.54 Å². The van der Waals surface area contributed by atoms with Gasteiger partial charge in [-0.05, 0) is 6.07 Å². The number of aromatic nitrogens is 3. The second-order valence-corrected chi connectivity index (χ2v) is 3.29. The highest BCUT2D eigenvalue weighted by molar-refractivity contribution is 5.79. The summed E-state index contributed by atoms with van der Waals surface area (Å²) in [6.07, 6.45) is 3.66. The first-order valence-electron chi connectivity index (χ1n) is 4.45. The van der Waals surface area contributed by atoms with Gasteiger partial charge in [-0.3, -0.25) is 0 Å². The lowest BCUT2D eigenvalue weighted by Gasteiger charge is -2.16. The molecule has 0 aliphatic carbocycles. The molecule has 0 spiro atoms. The molecule has 0 aromatic carbocycles. The van der Waals surface area contributed by atoms with E-state index in [0.29, 0.717) is 0 Å². The molecule has 1 N–H and O–H groups in total. The first kappa shape index (κ1) is 7.03. The molecule has 0 saturated heterocycles. The van der Waals surface area contributed by atoms with Gasteiger partial charge in [0.25, 0.3) is 0 Å². The van der Waals surface area contributed by atoms with E-state index < -0.39 is 0 Å². The van der Waals surface area contributed by atoms with E-state index in [1.165, 1.54) is 16.6 Å². The highest BCUT2D eigenvalue weighted by Crippen LogP contribution is 2.19. The van der Waals surface area contributed by atoms with E-state index in [-0.39, 0.29) is 0 Å². The molecule has 2 aromatic rings. The Bertz CT molecular complexity index is 446. The van der Waals surface area contributed by atoms with Crippen molar-refractivity contribution >= 4 is 10.9 Å². The van der Waals surface area contributed by atoms with Crippen molar-refractivity contribution in [3.05, 3.63) is 24.2 Å². The van der Waals surface area contributed by atoms with E-state index >= 15 is 0 Å². The minimum Gasteiger partial charge on any atom is -0.341 e. The van der Waals surface area contributed by atoms with Gasteiger partial charge < -0.3 is 9.88 Å². The summed E-state index contributed by atoms with van der Waals surface area (Å²) in [5.41, 5.74) is 2.53. The Labute approximate surface area is 75.6 Å². The molecule has 4 heteroatoms. The van der Waals surface area contributed by atoms with Crippen LogP contribution in [-0.4, -0.2) is 21.3 Å². The third-order valence-corrected chi connectivity index (χ3v) is 2.52. The van der Waals surface area contributed by atoms with E-state index in [9.17, 15) is 0 Å². The van der Waals surface area contributed by atoms with Gasteiger partial charge in [0.1, 0.15) is 0 Å². The van der Waals surface area contributed by atoms with E-state index in [1.54, 1.807) is 0 Å². The van der Waals surface area contributed by atoms with Crippen LogP contribution in [-0.2, 0) is 13.1 Å². The molecule has 0 bridgehead atoms. The maximum atomic E-state index is 3.90. The fourth-order valence-corrected chi connectivity index (χ4v) is 1.89. The average Bonchev–Trinajstić information content (AvgIpc) is 2.56. The Morgan fingerprint density at radius 1 is 1.31 bits per heavy atom. The lowest BCUT2D eigenvalue weighted by molar-refractivity contribution is 0.526. The van der Waals surface area contributed by atoms with Gasteiger partial charge in [-0.1, -0.05) is 0 Å². The Hall–Kier alpha value is -1.42. The van der Waals surface area contributed by atoms with Crippen LogP contribution in [0.4, 0.5) is 0 Å². The summed E-state index contributed by atoms with van der Waals surface area (Å²) >= 11 is 0. The van der Waals surface area contributed by atoms with Gasteiger partial charge in [-0.15, -0.1) is 0 Å². The van der Waals surface area contributed by atoms with Crippen LogP contribution in [0.15, 0.2) is 18.5 Å². The summed E-state index contributed by atoms with van der Waals surface area (Å²) < 4.78 is 2.31. The number of hydrogen-bond acceptors (Lipinski definition) is 3. The lowest BCUT2D eigenvalue weighted by atomic mass is 10.3. The third-order valence-electron chi connectivity index (χ3n) is 2.52. The molecule has 0 fully saturated rings. The molecule has 0 unspecified atom stereocenters. The SMILES string of the molecule is c1nncc2c1cc1n2CCNC1. The molecule has 0 radical (unpaired) electrons. The molecule has 1 aliphatic heterocycles. The number of rotatable bonds is 0. The Morgan fingerprint density at radius 2 is 2.23 bits per heavy atom. The first-order valence-corrected chi connectivity index (χ1v) is 4.45. The summed E-state index contributed by atoms with van der Waals surface area (Å²) in [6.45, 7) is 3.03. The predicted octanol–water partition coefficient (Wildman–Crippen LogP) is 0.534. The number of fused-ring (bicyclic) bond motifs is 3. The van der Waals surface area contributed by atoms with Gasteiger partial charge in [-0.2, -0.15) is 10.2 Å². The lowest BCUT2D eigenvalue weighted by Crippen LogP contribution is -2.27. The Morgan fingerprint density at radius 3 is 3.23 bits per heavy atom. The molecule has 2 aromatic heterocycles. The van der Waals surface area contributed by atoms with Crippen molar-refractivity contribution in [2.45, 2.75) is 13.1 Å². The monoisotopic (exact) mass is 174 g/mol. The second kappa shape index (κ2) is 2.53. The fourth-order valence-electron chi connectivity index (χ4n) is 1.89. The van der Waals surface area contributed by atoms with Crippen LogP contribution >= 0.6 is 0 Å². The van der Waals surface area contributed by atoms with Crippen LogP contribution in [0.1, 0.15) is 5.69 Å². The van der Waals surface area contributed by atoms with E-state index in [2.05, 4.69) is 26.1 Å². The second-order valence-electron chi connectivity index (χ2n) is 3.29. The minimum absolute atomic E-state index is 0.953. The van der Waals surface area contributed by atoms with Gasteiger partial charge in [0, 0.05) is 30.7 Å². The average molecular weight is 174 g/mol. The van der Waals surface area contributed by atoms with Crippen molar-refractivity contribution in [1.29, 1.82) is 0 Å². The third kappa shape index (κ3) is 0.954. The molecule has 4 nitrogen and oxygen atoms in total. The zero-order valence-corrected chi connectivity index (χ0v) is 7.20. The number of nitrogens with one attached hydrogen (secondary N) is 1. The maximum absolute atomic E-state index is 3.90. The maximum Gasteiger partial charge on any atom is 0.0739 e. The molecule has 3 heterocycles. The highest BCUT2D eigenvalue weighted by atomic mass is 15.1. The molecule has 0 amide bonds. The van der Waals surface area contributed by atoms with Crippen LogP contribution in [0.25, 0.3) is 10.9 Å². The molecule has 0 atom stereocenters. The molecule has 0 saturated carbocycles. The van der Waals surface area contributed by atoms with Crippen LogP contribution in [0.5, 0.6) is 0 Å². The van der Waals surface area contributed by atoms with Crippen molar-refractivity contribution in [2.24, 2.45) is 0 Å². The van der Waals surface area contributed by atoms with E-state index in [4.69, 9.17) is 0 Å². The van der Waals surface area contributed by atoms with Crippen molar-refractivity contribution < 1.29 is 0 Å². The van der Waals surface area contributed by atoms with E-state index in [0.717, 1.165) is 19.6 Å². The zero-order valence-electron chi connectivity index (χ0n) is 7.20. The standard InChI is InChI=1S/C9H10N4/c1-2-13-8(5-10-1)3-7-4-11-12-6-9(7)13/h3-4,6,10H,1-2,5H2. The van der Waals surface area contributed by atoms with Gasteiger partial charge in [0.2, 0.25) is 0 Å². The zero-order chi connectivity index (χ0) is 8.67. The van der Waals surface area contributed by atoms with Gasteiger partial charge in [0.05, 0.1) is 17.9 Å². The van der Waals surface area contributed by atoms with Gasteiger partial charge in [-0.25, -0.2) is 0 Å². The topological polar surface area (TPSA) is 42.7 Å². The first-order chi connectivity index (χ1) is 6.45. The smallest absolute Gasteiger partial charge is 0.0739 e. The number of nitrogens with zero attached hydrogens (tertiary/aromatic N) is 3. The van der Waals surface area contributed by atoms with Gasteiger partial charge in [0.15, 0.2) is 0 Å². The fraction of sp³-hybridized carbons (Fsp3) is 0.333. The predicted molar refractivity (Wildman–Crippen MR) is 49.2 cm³/mol. The largest absolute Gasteiger partial charge is 0.341 e. The number of hydrogen-bond donors (Lipinski definition) is 1. The highest BCUT2D eigenvalue weighted by Gasteiger charge is 2.11. The molecular formula is C9H10N4. The molecule has 66 valence electrons. The van der Waals surface area contributed by atoms with Gasteiger partial charge >= 0.3 is 0 Å². The summed E-state index contributed by atoms with van der Waals surface area (Å²) in [7, 11) is 0. The normalized spacial score (nSPS) is 16.0.